The van der Waals surface area contributed by atoms with Gasteiger partial charge in [0.2, 0.25) is 0 Å². The second kappa shape index (κ2) is 5.65. The highest BCUT2D eigenvalue weighted by Gasteiger charge is 2.40. The maximum Gasteiger partial charge on any atom is 0.252 e. The summed E-state index contributed by atoms with van der Waals surface area (Å²) in [5.41, 5.74) is 1.62. The van der Waals surface area contributed by atoms with Gasteiger partial charge < -0.3 is 14.8 Å². The normalized spacial score (nSPS) is 27.5. The summed E-state index contributed by atoms with van der Waals surface area (Å²) in [6.07, 6.45) is 1.70. The molecule has 1 saturated carbocycles. The summed E-state index contributed by atoms with van der Waals surface area (Å²) in [7, 11) is 1.64. The first-order chi connectivity index (χ1) is 11.1. The molecule has 1 aliphatic carbocycles. The Hall–Kier alpha value is -1.85. The van der Waals surface area contributed by atoms with Gasteiger partial charge in [-0.25, -0.2) is 0 Å². The molecular weight excluding hydrogens is 292 g/mol. The molecule has 1 aliphatic heterocycles. The van der Waals surface area contributed by atoms with E-state index in [9.17, 15) is 9.90 Å². The van der Waals surface area contributed by atoms with E-state index in [1.807, 2.05) is 24.3 Å². The van der Waals surface area contributed by atoms with E-state index in [0.29, 0.717) is 18.4 Å². The molecule has 0 bridgehead atoms. The number of ether oxygens (including phenoxy) is 1. The lowest BCUT2D eigenvalue weighted by Gasteiger charge is -2.17. The number of H-pyrrole nitrogens is 1. The third kappa shape index (κ3) is 2.75. The molecule has 1 unspecified atom stereocenters. The van der Waals surface area contributed by atoms with Crippen LogP contribution in [0.2, 0.25) is 0 Å². The molecule has 1 aromatic heterocycles. The number of fused-ring (bicyclic) bond motifs is 2. The van der Waals surface area contributed by atoms with E-state index in [1.165, 1.54) is 0 Å². The van der Waals surface area contributed by atoms with Crippen LogP contribution in [0.5, 0.6) is 5.75 Å². The quantitative estimate of drug-likeness (QED) is 0.906. The number of rotatable bonds is 3. The molecule has 2 heterocycles. The summed E-state index contributed by atoms with van der Waals surface area (Å²) in [5, 5.41) is 10.7. The van der Waals surface area contributed by atoms with Gasteiger partial charge in [-0.15, -0.1) is 0 Å². The summed E-state index contributed by atoms with van der Waals surface area (Å²) in [6.45, 7) is 2.64. The van der Waals surface area contributed by atoms with Crippen molar-refractivity contribution in [3.05, 3.63) is 40.2 Å². The van der Waals surface area contributed by atoms with Crippen molar-refractivity contribution in [3.63, 3.8) is 0 Å². The topological polar surface area (TPSA) is 65.6 Å². The minimum absolute atomic E-state index is 0.0141. The molecule has 0 radical (unpaired) electrons. The fourth-order valence-electron chi connectivity index (χ4n) is 4.21. The molecule has 122 valence electrons. The van der Waals surface area contributed by atoms with Crippen molar-refractivity contribution in [2.75, 3.05) is 20.2 Å². The minimum Gasteiger partial charge on any atom is -0.497 e. The summed E-state index contributed by atoms with van der Waals surface area (Å²) >= 11 is 0. The van der Waals surface area contributed by atoms with Gasteiger partial charge >= 0.3 is 0 Å². The second-order valence-electron chi connectivity index (χ2n) is 6.92. The van der Waals surface area contributed by atoms with Gasteiger partial charge in [0.1, 0.15) is 5.75 Å². The first-order valence-electron chi connectivity index (χ1n) is 8.23. The number of aromatic amines is 1. The van der Waals surface area contributed by atoms with Crippen LogP contribution in [0.15, 0.2) is 29.1 Å². The van der Waals surface area contributed by atoms with E-state index in [2.05, 4.69) is 9.88 Å². The van der Waals surface area contributed by atoms with E-state index >= 15 is 0 Å². The number of aliphatic hydroxyl groups is 1. The number of aromatic nitrogens is 1. The predicted molar refractivity (Wildman–Crippen MR) is 88.6 cm³/mol. The highest BCUT2D eigenvalue weighted by atomic mass is 16.5. The summed E-state index contributed by atoms with van der Waals surface area (Å²) in [5.74, 6) is 1.97. The van der Waals surface area contributed by atoms with Crippen molar-refractivity contribution in [2.45, 2.75) is 25.5 Å². The van der Waals surface area contributed by atoms with Gasteiger partial charge in [0.05, 0.1) is 13.2 Å². The Balaban J connectivity index is 1.57. The molecule has 2 N–H and O–H groups in total. The van der Waals surface area contributed by atoms with Crippen LogP contribution in [-0.2, 0) is 6.54 Å². The van der Waals surface area contributed by atoms with Gasteiger partial charge in [-0.1, -0.05) is 0 Å². The first kappa shape index (κ1) is 14.7. The van der Waals surface area contributed by atoms with Crippen molar-refractivity contribution in [1.29, 1.82) is 0 Å². The molecule has 0 spiro atoms. The SMILES string of the molecule is COc1ccc2[nH]c(=O)c(CN3C[C@H]4CC(O)C[C@H]4C3)cc2c1. The molecule has 2 aromatic rings. The number of methoxy groups -OCH3 is 1. The van der Waals surface area contributed by atoms with Crippen LogP contribution in [0.3, 0.4) is 0 Å². The lowest BCUT2D eigenvalue weighted by molar-refractivity contribution is 0.161. The molecule has 1 saturated heterocycles. The Bertz CT molecular complexity index is 771. The van der Waals surface area contributed by atoms with Crippen molar-refractivity contribution >= 4 is 10.9 Å². The molecule has 2 fully saturated rings. The fraction of sp³-hybridized carbons (Fsp3) is 0.500. The number of benzene rings is 1. The summed E-state index contributed by atoms with van der Waals surface area (Å²) in [6, 6.07) is 7.65. The third-order valence-corrected chi connectivity index (χ3v) is 5.32. The third-order valence-electron chi connectivity index (χ3n) is 5.32. The molecule has 1 aromatic carbocycles. The van der Waals surface area contributed by atoms with Gasteiger partial charge in [0.25, 0.3) is 5.56 Å². The first-order valence-corrected chi connectivity index (χ1v) is 8.23. The zero-order valence-corrected chi connectivity index (χ0v) is 13.3. The Labute approximate surface area is 134 Å². The number of nitrogens with one attached hydrogen (secondary N) is 1. The maximum atomic E-state index is 12.3. The molecule has 0 amide bonds. The van der Waals surface area contributed by atoms with E-state index in [-0.39, 0.29) is 11.7 Å². The molecule has 5 nitrogen and oxygen atoms in total. The number of likely N-dealkylation sites (tertiary alicyclic amines) is 1. The van der Waals surface area contributed by atoms with Crippen LogP contribution < -0.4 is 10.3 Å². The highest BCUT2D eigenvalue weighted by molar-refractivity contribution is 5.80. The molecule has 4 rings (SSSR count). The average molecular weight is 314 g/mol. The van der Waals surface area contributed by atoms with Crippen LogP contribution in [0, 0.1) is 11.8 Å². The molecule has 5 heteroatoms. The van der Waals surface area contributed by atoms with Gasteiger partial charge in [0, 0.05) is 36.1 Å². The van der Waals surface area contributed by atoms with Crippen LogP contribution in [0.25, 0.3) is 10.9 Å². The van der Waals surface area contributed by atoms with Gasteiger partial charge in [-0.3, -0.25) is 9.69 Å². The van der Waals surface area contributed by atoms with Crippen molar-refractivity contribution in [1.82, 2.24) is 9.88 Å². The highest BCUT2D eigenvalue weighted by Crippen LogP contribution is 2.38. The van der Waals surface area contributed by atoms with Crippen LogP contribution in [-0.4, -0.2) is 41.3 Å². The number of nitrogens with zero attached hydrogens (tertiary/aromatic N) is 1. The van der Waals surface area contributed by atoms with E-state index in [1.54, 1.807) is 7.11 Å². The Morgan fingerprint density at radius 1 is 1.26 bits per heavy atom. The number of pyridine rings is 1. The Morgan fingerprint density at radius 3 is 2.70 bits per heavy atom. The van der Waals surface area contributed by atoms with Crippen LogP contribution in [0.4, 0.5) is 0 Å². The van der Waals surface area contributed by atoms with E-state index in [4.69, 9.17) is 4.74 Å². The maximum absolute atomic E-state index is 12.3. The lowest BCUT2D eigenvalue weighted by atomic mass is 10.0. The average Bonchev–Trinajstić information content (AvgIpc) is 3.04. The van der Waals surface area contributed by atoms with Gasteiger partial charge in [-0.2, -0.15) is 0 Å². The van der Waals surface area contributed by atoms with Crippen molar-refractivity contribution in [3.8, 4) is 5.75 Å². The van der Waals surface area contributed by atoms with E-state index in [0.717, 1.165) is 48.1 Å². The van der Waals surface area contributed by atoms with Crippen molar-refractivity contribution < 1.29 is 9.84 Å². The molecule has 23 heavy (non-hydrogen) atoms. The largest absolute Gasteiger partial charge is 0.497 e. The standard InChI is InChI=1S/C18H22N2O3/c1-23-16-2-3-17-11(7-16)4-14(18(22)19-17)10-20-8-12-5-15(21)6-13(12)9-20/h2-4,7,12-13,15,21H,5-6,8-10H2,1H3,(H,19,22)/t12-,13+,15?. The predicted octanol–water partition coefficient (Wildman–Crippen LogP) is 1.74. The van der Waals surface area contributed by atoms with Gasteiger partial charge in [0.15, 0.2) is 0 Å². The van der Waals surface area contributed by atoms with Crippen LogP contribution in [0.1, 0.15) is 18.4 Å². The monoisotopic (exact) mass is 314 g/mol. The number of aliphatic hydroxyl groups excluding tert-OH is 1. The smallest absolute Gasteiger partial charge is 0.252 e. The van der Waals surface area contributed by atoms with Gasteiger partial charge in [-0.05, 0) is 48.9 Å². The second-order valence-corrected chi connectivity index (χ2v) is 6.92. The Morgan fingerprint density at radius 2 is 2.00 bits per heavy atom. The summed E-state index contributed by atoms with van der Waals surface area (Å²) < 4.78 is 5.26. The van der Waals surface area contributed by atoms with E-state index < -0.39 is 0 Å². The fourth-order valence-corrected chi connectivity index (χ4v) is 4.21. The van der Waals surface area contributed by atoms with Crippen LogP contribution >= 0.6 is 0 Å². The molecular formula is C18H22N2O3. The molecule has 2 aliphatic rings. The zero-order chi connectivity index (χ0) is 16.0. The number of hydrogen-bond donors (Lipinski definition) is 2. The Kier molecular flexibility index (Phi) is 3.62. The minimum atomic E-state index is -0.122. The lowest BCUT2D eigenvalue weighted by Crippen LogP contribution is -2.26. The summed E-state index contributed by atoms with van der Waals surface area (Å²) in [4.78, 5) is 17.6. The van der Waals surface area contributed by atoms with Crippen molar-refractivity contribution in [2.24, 2.45) is 11.8 Å². The number of hydrogen-bond acceptors (Lipinski definition) is 4. The molecule has 3 atom stereocenters. The zero-order valence-electron chi connectivity index (χ0n) is 13.3.